The minimum absolute atomic E-state index is 0.475. The van der Waals surface area contributed by atoms with Gasteiger partial charge in [-0.15, -0.1) is 0 Å². The molecule has 0 spiro atoms. The van der Waals surface area contributed by atoms with Gasteiger partial charge in [-0.1, -0.05) is 0 Å². The maximum atomic E-state index is 4.22. The fraction of sp³-hybridized carbons (Fsp3) is 0.308. The van der Waals surface area contributed by atoms with Crippen LogP contribution in [0, 0.1) is 0 Å². The van der Waals surface area contributed by atoms with Crippen LogP contribution in [0.2, 0.25) is 0 Å². The van der Waals surface area contributed by atoms with Crippen molar-refractivity contribution in [3.8, 4) is 0 Å². The predicted molar refractivity (Wildman–Crippen MR) is 73.9 cm³/mol. The molecule has 0 bridgehead atoms. The molecule has 0 amide bonds. The van der Waals surface area contributed by atoms with Gasteiger partial charge in [-0.05, 0) is 17.7 Å². The first-order valence-corrected chi connectivity index (χ1v) is 6.32. The third-order valence-electron chi connectivity index (χ3n) is 3.02. The molecule has 0 atom stereocenters. The zero-order valence-electron chi connectivity index (χ0n) is 10.5. The number of anilines is 2. The Morgan fingerprint density at radius 1 is 1.16 bits per heavy atom. The van der Waals surface area contributed by atoms with E-state index in [1.807, 2.05) is 18.2 Å². The largest absolute Gasteiger partial charge is 0.366 e. The van der Waals surface area contributed by atoms with E-state index in [1.165, 1.54) is 5.56 Å². The second-order valence-corrected chi connectivity index (χ2v) is 4.50. The van der Waals surface area contributed by atoms with Gasteiger partial charge in [0.15, 0.2) is 0 Å². The fourth-order valence-electron chi connectivity index (χ4n) is 1.83. The summed E-state index contributed by atoms with van der Waals surface area (Å²) in [4.78, 5) is 12.4. The molecule has 2 aromatic rings. The molecule has 6 nitrogen and oxygen atoms in total. The smallest absolute Gasteiger partial charge is 0.131 e. The predicted octanol–water partition coefficient (Wildman–Crippen LogP) is 0.867. The van der Waals surface area contributed by atoms with Gasteiger partial charge >= 0.3 is 0 Å². The molecule has 3 rings (SSSR count). The maximum Gasteiger partial charge on any atom is 0.131 e. The van der Waals surface area contributed by atoms with Crippen molar-refractivity contribution in [2.24, 2.45) is 0 Å². The van der Waals surface area contributed by atoms with Crippen LogP contribution < -0.4 is 16.0 Å². The topological polar surface area (TPSA) is 74.8 Å². The van der Waals surface area contributed by atoms with Gasteiger partial charge in [-0.25, -0.2) is 9.97 Å². The number of hydrogen-bond donors (Lipinski definition) is 3. The molecule has 1 saturated heterocycles. The summed E-state index contributed by atoms with van der Waals surface area (Å²) in [7, 11) is 0. The Kier molecular flexibility index (Phi) is 3.51. The Bertz CT molecular complexity index is 526. The van der Waals surface area contributed by atoms with Crippen molar-refractivity contribution in [1.29, 1.82) is 0 Å². The van der Waals surface area contributed by atoms with Crippen LogP contribution in [0.4, 0.5) is 11.6 Å². The lowest BCUT2D eigenvalue weighted by molar-refractivity contribution is 0.471. The monoisotopic (exact) mass is 256 g/mol. The molecule has 0 unspecified atom stereocenters. The number of hydrogen-bond acceptors (Lipinski definition) is 6. The molecule has 2 aromatic heterocycles. The summed E-state index contributed by atoms with van der Waals surface area (Å²) in [6, 6.07) is 6.36. The first kappa shape index (κ1) is 11.9. The summed E-state index contributed by atoms with van der Waals surface area (Å²) in [5.41, 5.74) is 1.17. The second-order valence-electron chi connectivity index (χ2n) is 4.50. The lowest BCUT2D eigenvalue weighted by atomic mass is 10.2. The van der Waals surface area contributed by atoms with Gasteiger partial charge in [-0.2, -0.15) is 0 Å². The summed E-state index contributed by atoms with van der Waals surface area (Å²) in [5.74, 6) is 1.68. The summed E-state index contributed by atoms with van der Waals surface area (Å²) >= 11 is 0. The molecule has 3 N–H and O–H groups in total. The summed E-state index contributed by atoms with van der Waals surface area (Å²) in [6.07, 6.45) is 5.14. The van der Waals surface area contributed by atoms with Crippen LogP contribution in [0.1, 0.15) is 5.56 Å². The molecule has 1 aliphatic rings. The molecule has 1 aliphatic heterocycles. The van der Waals surface area contributed by atoms with Crippen LogP contribution in [-0.2, 0) is 6.54 Å². The van der Waals surface area contributed by atoms with E-state index in [0.717, 1.165) is 31.3 Å². The Morgan fingerprint density at radius 2 is 1.95 bits per heavy atom. The third-order valence-corrected chi connectivity index (χ3v) is 3.02. The molecular formula is C13H16N6. The first-order chi connectivity index (χ1) is 9.40. The molecule has 98 valence electrons. The van der Waals surface area contributed by atoms with Crippen molar-refractivity contribution in [1.82, 2.24) is 20.3 Å². The number of aromatic nitrogens is 3. The number of nitrogens with zero attached hydrogens (tertiary/aromatic N) is 3. The fourth-order valence-corrected chi connectivity index (χ4v) is 1.83. The minimum atomic E-state index is 0.475. The average Bonchev–Trinajstić information content (AvgIpc) is 2.42. The van der Waals surface area contributed by atoms with Gasteiger partial charge in [0, 0.05) is 38.1 Å². The van der Waals surface area contributed by atoms with Gasteiger partial charge in [0.1, 0.15) is 18.0 Å². The number of nitrogens with one attached hydrogen (secondary N) is 3. The highest BCUT2D eigenvalue weighted by atomic mass is 15.1. The van der Waals surface area contributed by atoms with Crippen molar-refractivity contribution < 1.29 is 0 Å². The maximum absolute atomic E-state index is 4.22. The SMILES string of the molecule is c1cc(CNc2cc(NC3CNC3)ncn2)ccn1. The van der Waals surface area contributed by atoms with Crippen LogP contribution in [0.15, 0.2) is 36.9 Å². The Labute approximate surface area is 111 Å². The van der Waals surface area contributed by atoms with E-state index in [2.05, 4.69) is 30.9 Å². The highest BCUT2D eigenvalue weighted by Gasteiger charge is 2.16. The van der Waals surface area contributed by atoms with E-state index < -0.39 is 0 Å². The number of pyridine rings is 1. The Hall–Kier alpha value is -2.21. The molecule has 0 radical (unpaired) electrons. The van der Waals surface area contributed by atoms with E-state index in [4.69, 9.17) is 0 Å². The third kappa shape index (κ3) is 3.17. The van der Waals surface area contributed by atoms with Crippen LogP contribution in [-0.4, -0.2) is 34.1 Å². The standard InChI is InChI=1S/C13H16N6/c1-3-14-4-2-10(1)6-16-12-5-13(18-9-17-12)19-11-7-15-8-11/h1-5,9,11,15H,6-8H2,(H2,16,17,18,19). The van der Waals surface area contributed by atoms with Crippen LogP contribution in [0.25, 0.3) is 0 Å². The van der Waals surface area contributed by atoms with E-state index in [-0.39, 0.29) is 0 Å². The Balaban J connectivity index is 1.59. The first-order valence-electron chi connectivity index (χ1n) is 6.32. The quantitative estimate of drug-likeness (QED) is 0.737. The average molecular weight is 256 g/mol. The van der Waals surface area contributed by atoms with Crippen LogP contribution in [0.3, 0.4) is 0 Å². The summed E-state index contributed by atoms with van der Waals surface area (Å²) in [6.45, 7) is 2.71. The van der Waals surface area contributed by atoms with Crippen molar-refractivity contribution >= 4 is 11.6 Å². The van der Waals surface area contributed by atoms with Gasteiger partial charge in [0.2, 0.25) is 0 Å². The lowest BCUT2D eigenvalue weighted by Gasteiger charge is -2.28. The zero-order valence-corrected chi connectivity index (χ0v) is 10.5. The van der Waals surface area contributed by atoms with Gasteiger partial charge in [-0.3, -0.25) is 4.98 Å². The van der Waals surface area contributed by atoms with Crippen LogP contribution in [0.5, 0.6) is 0 Å². The Morgan fingerprint density at radius 3 is 2.68 bits per heavy atom. The van der Waals surface area contributed by atoms with Gasteiger partial charge in [0.05, 0.1) is 6.04 Å². The van der Waals surface area contributed by atoms with Crippen molar-refractivity contribution in [3.63, 3.8) is 0 Å². The van der Waals surface area contributed by atoms with E-state index in [1.54, 1.807) is 18.7 Å². The summed E-state index contributed by atoms with van der Waals surface area (Å²) < 4.78 is 0. The van der Waals surface area contributed by atoms with Crippen molar-refractivity contribution in [3.05, 3.63) is 42.5 Å². The van der Waals surface area contributed by atoms with Gasteiger partial charge < -0.3 is 16.0 Å². The molecule has 0 aliphatic carbocycles. The molecule has 1 fully saturated rings. The molecule has 0 saturated carbocycles. The van der Waals surface area contributed by atoms with Crippen molar-refractivity contribution in [2.45, 2.75) is 12.6 Å². The lowest BCUT2D eigenvalue weighted by Crippen LogP contribution is -2.51. The molecule has 0 aromatic carbocycles. The number of rotatable bonds is 5. The van der Waals surface area contributed by atoms with E-state index >= 15 is 0 Å². The zero-order chi connectivity index (χ0) is 12.9. The molecular weight excluding hydrogens is 240 g/mol. The van der Waals surface area contributed by atoms with Gasteiger partial charge in [0.25, 0.3) is 0 Å². The molecule has 3 heterocycles. The highest BCUT2D eigenvalue weighted by molar-refractivity contribution is 5.47. The normalized spacial score (nSPS) is 14.7. The van der Waals surface area contributed by atoms with Crippen molar-refractivity contribution in [2.75, 3.05) is 23.7 Å². The summed E-state index contributed by atoms with van der Waals surface area (Å²) in [5, 5.41) is 9.84. The molecule has 19 heavy (non-hydrogen) atoms. The van der Waals surface area contributed by atoms with E-state index in [9.17, 15) is 0 Å². The van der Waals surface area contributed by atoms with Crippen LogP contribution >= 0.6 is 0 Å². The molecule has 6 heteroatoms. The second kappa shape index (κ2) is 5.62. The highest BCUT2D eigenvalue weighted by Crippen LogP contribution is 2.12. The van der Waals surface area contributed by atoms with E-state index in [0.29, 0.717) is 6.04 Å². The minimum Gasteiger partial charge on any atom is -0.366 e.